The standard InChI is InChI=1S/C15H19BrN2O2S/c1-4-5-17-8-10-9-18-15(21-10)11-6-13(19-2)14(20-3)7-12(11)16/h6-7,9,17H,4-5,8H2,1-3H3. The van der Waals surface area contributed by atoms with Crippen LogP contribution in [0, 0.1) is 0 Å². The van der Waals surface area contributed by atoms with Gasteiger partial charge in [-0.25, -0.2) is 4.98 Å². The molecule has 1 heterocycles. The third-order valence-electron chi connectivity index (χ3n) is 2.98. The summed E-state index contributed by atoms with van der Waals surface area (Å²) >= 11 is 5.26. The molecular formula is C15H19BrN2O2S. The molecule has 0 aliphatic carbocycles. The van der Waals surface area contributed by atoms with Gasteiger partial charge in [0, 0.05) is 27.7 Å². The first-order chi connectivity index (χ1) is 10.2. The lowest BCUT2D eigenvalue weighted by atomic mass is 10.2. The number of ether oxygens (including phenoxy) is 2. The van der Waals surface area contributed by atoms with Gasteiger partial charge in [-0.1, -0.05) is 6.92 Å². The second-order valence-electron chi connectivity index (χ2n) is 4.50. The van der Waals surface area contributed by atoms with E-state index in [2.05, 4.69) is 33.2 Å². The van der Waals surface area contributed by atoms with Gasteiger partial charge in [-0.15, -0.1) is 11.3 Å². The van der Waals surface area contributed by atoms with Gasteiger partial charge in [0.15, 0.2) is 11.5 Å². The van der Waals surface area contributed by atoms with Crippen molar-refractivity contribution in [2.75, 3.05) is 20.8 Å². The van der Waals surface area contributed by atoms with Gasteiger partial charge in [-0.2, -0.15) is 0 Å². The molecule has 0 amide bonds. The molecule has 21 heavy (non-hydrogen) atoms. The van der Waals surface area contributed by atoms with Crippen LogP contribution in [0.1, 0.15) is 18.2 Å². The van der Waals surface area contributed by atoms with Crippen LogP contribution in [0.3, 0.4) is 0 Å². The molecule has 0 atom stereocenters. The highest BCUT2D eigenvalue weighted by molar-refractivity contribution is 9.10. The van der Waals surface area contributed by atoms with E-state index < -0.39 is 0 Å². The summed E-state index contributed by atoms with van der Waals surface area (Å²) < 4.78 is 11.6. The third-order valence-corrected chi connectivity index (χ3v) is 4.67. The maximum absolute atomic E-state index is 5.36. The van der Waals surface area contributed by atoms with Gasteiger partial charge in [0.1, 0.15) is 5.01 Å². The molecule has 114 valence electrons. The van der Waals surface area contributed by atoms with E-state index in [-0.39, 0.29) is 0 Å². The Bertz CT molecular complexity index is 601. The van der Waals surface area contributed by atoms with Crippen LogP contribution in [-0.2, 0) is 6.54 Å². The topological polar surface area (TPSA) is 43.4 Å². The summed E-state index contributed by atoms with van der Waals surface area (Å²) in [5, 5.41) is 4.35. The summed E-state index contributed by atoms with van der Waals surface area (Å²) in [7, 11) is 3.27. The monoisotopic (exact) mass is 370 g/mol. The summed E-state index contributed by atoms with van der Waals surface area (Å²) in [5.74, 6) is 1.41. The number of benzene rings is 1. The zero-order chi connectivity index (χ0) is 15.2. The second kappa shape index (κ2) is 7.77. The SMILES string of the molecule is CCCNCc1cnc(-c2cc(OC)c(OC)cc2Br)s1. The maximum atomic E-state index is 5.36. The molecule has 2 aromatic rings. The lowest BCUT2D eigenvalue weighted by Gasteiger charge is -2.10. The van der Waals surface area contributed by atoms with Crippen LogP contribution < -0.4 is 14.8 Å². The fourth-order valence-corrected chi connectivity index (χ4v) is 3.47. The Morgan fingerprint density at radius 3 is 2.62 bits per heavy atom. The Morgan fingerprint density at radius 2 is 1.95 bits per heavy atom. The smallest absolute Gasteiger partial charge is 0.161 e. The number of hydrogen-bond donors (Lipinski definition) is 1. The van der Waals surface area contributed by atoms with Crippen molar-refractivity contribution < 1.29 is 9.47 Å². The molecule has 0 radical (unpaired) electrons. The summed E-state index contributed by atoms with van der Waals surface area (Å²) in [6, 6.07) is 3.86. The minimum Gasteiger partial charge on any atom is -0.493 e. The Balaban J connectivity index is 2.25. The van der Waals surface area contributed by atoms with E-state index in [1.54, 1.807) is 25.6 Å². The van der Waals surface area contributed by atoms with Crippen molar-refractivity contribution in [2.24, 2.45) is 0 Å². The number of halogens is 1. The first kappa shape index (κ1) is 16.3. The lowest BCUT2D eigenvalue weighted by Crippen LogP contribution is -2.12. The highest BCUT2D eigenvalue weighted by Gasteiger charge is 2.14. The number of nitrogens with zero attached hydrogens (tertiary/aromatic N) is 1. The van der Waals surface area contributed by atoms with Gasteiger partial charge in [-0.3, -0.25) is 0 Å². The number of methoxy groups -OCH3 is 2. The van der Waals surface area contributed by atoms with E-state index in [4.69, 9.17) is 9.47 Å². The fraction of sp³-hybridized carbons (Fsp3) is 0.400. The van der Waals surface area contributed by atoms with Gasteiger partial charge in [-0.05, 0) is 41.0 Å². The second-order valence-corrected chi connectivity index (χ2v) is 6.47. The first-order valence-electron chi connectivity index (χ1n) is 6.76. The molecule has 0 saturated carbocycles. The van der Waals surface area contributed by atoms with Crippen molar-refractivity contribution in [1.29, 1.82) is 0 Å². The minimum absolute atomic E-state index is 0.703. The normalized spacial score (nSPS) is 10.7. The summed E-state index contributed by atoms with van der Waals surface area (Å²) in [6.45, 7) is 4.04. The van der Waals surface area contributed by atoms with Crippen LogP contribution in [0.25, 0.3) is 10.6 Å². The van der Waals surface area contributed by atoms with Crippen LogP contribution in [-0.4, -0.2) is 25.7 Å². The van der Waals surface area contributed by atoms with Crippen LogP contribution in [0.15, 0.2) is 22.8 Å². The highest BCUT2D eigenvalue weighted by atomic mass is 79.9. The van der Waals surface area contributed by atoms with Crippen molar-refractivity contribution in [1.82, 2.24) is 10.3 Å². The number of rotatable bonds is 7. The molecule has 0 aliphatic rings. The minimum atomic E-state index is 0.703. The molecule has 0 fully saturated rings. The van der Waals surface area contributed by atoms with E-state index in [0.717, 1.165) is 34.6 Å². The van der Waals surface area contributed by atoms with Crippen molar-refractivity contribution in [3.63, 3.8) is 0 Å². The highest BCUT2D eigenvalue weighted by Crippen LogP contribution is 2.39. The molecule has 0 aliphatic heterocycles. The predicted octanol–water partition coefficient (Wildman–Crippen LogP) is 4.09. The van der Waals surface area contributed by atoms with Gasteiger partial charge in [0.25, 0.3) is 0 Å². The summed E-state index contributed by atoms with van der Waals surface area (Å²) in [4.78, 5) is 5.73. The van der Waals surface area contributed by atoms with Crippen molar-refractivity contribution in [3.05, 3.63) is 27.7 Å². The van der Waals surface area contributed by atoms with Crippen LogP contribution in [0.4, 0.5) is 0 Å². The van der Waals surface area contributed by atoms with E-state index >= 15 is 0 Å². The molecule has 1 N–H and O–H groups in total. The number of nitrogens with one attached hydrogen (secondary N) is 1. The van der Waals surface area contributed by atoms with Crippen molar-refractivity contribution in [3.8, 4) is 22.1 Å². The summed E-state index contributed by atoms with van der Waals surface area (Å²) in [5.41, 5.74) is 1.01. The molecule has 6 heteroatoms. The van der Waals surface area contributed by atoms with Crippen LogP contribution in [0.5, 0.6) is 11.5 Å². The van der Waals surface area contributed by atoms with Crippen LogP contribution >= 0.6 is 27.3 Å². The molecular weight excluding hydrogens is 352 g/mol. The largest absolute Gasteiger partial charge is 0.493 e. The number of thiazole rings is 1. The Morgan fingerprint density at radius 1 is 1.24 bits per heavy atom. The molecule has 0 bridgehead atoms. The van der Waals surface area contributed by atoms with Crippen molar-refractivity contribution in [2.45, 2.75) is 19.9 Å². The molecule has 0 saturated heterocycles. The molecule has 1 aromatic carbocycles. The Hall–Kier alpha value is -1.11. The van der Waals surface area contributed by atoms with Crippen molar-refractivity contribution >= 4 is 27.3 Å². The number of aromatic nitrogens is 1. The molecule has 2 rings (SSSR count). The quantitative estimate of drug-likeness (QED) is 0.745. The lowest BCUT2D eigenvalue weighted by molar-refractivity contribution is 0.355. The van der Waals surface area contributed by atoms with E-state index in [9.17, 15) is 0 Å². The molecule has 0 spiro atoms. The maximum Gasteiger partial charge on any atom is 0.161 e. The zero-order valence-electron chi connectivity index (χ0n) is 12.4. The molecule has 4 nitrogen and oxygen atoms in total. The first-order valence-corrected chi connectivity index (χ1v) is 8.37. The van der Waals surface area contributed by atoms with Gasteiger partial charge in [0.05, 0.1) is 14.2 Å². The van der Waals surface area contributed by atoms with E-state index in [0.29, 0.717) is 11.5 Å². The third kappa shape index (κ3) is 3.96. The summed E-state index contributed by atoms with van der Waals surface area (Å²) in [6.07, 6.45) is 3.05. The number of hydrogen-bond acceptors (Lipinski definition) is 5. The molecule has 1 aromatic heterocycles. The van der Waals surface area contributed by atoms with Gasteiger partial charge in [0.2, 0.25) is 0 Å². The van der Waals surface area contributed by atoms with Gasteiger partial charge < -0.3 is 14.8 Å². The molecule has 0 unspecified atom stereocenters. The predicted molar refractivity (Wildman–Crippen MR) is 90.4 cm³/mol. The fourth-order valence-electron chi connectivity index (χ4n) is 1.92. The average molecular weight is 371 g/mol. The zero-order valence-corrected chi connectivity index (χ0v) is 14.8. The van der Waals surface area contributed by atoms with E-state index in [1.165, 1.54) is 4.88 Å². The average Bonchev–Trinajstić information content (AvgIpc) is 2.95. The Labute approximate surface area is 137 Å². The van der Waals surface area contributed by atoms with Crippen LogP contribution in [0.2, 0.25) is 0 Å². The van der Waals surface area contributed by atoms with E-state index in [1.807, 2.05) is 18.3 Å². The van der Waals surface area contributed by atoms with Gasteiger partial charge >= 0.3 is 0 Å². The Kier molecular flexibility index (Phi) is 6.02.